The van der Waals surface area contributed by atoms with Crippen molar-refractivity contribution in [1.29, 1.82) is 0 Å². The van der Waals surface area contributed by atoms with Crippen molar-refractivity contribution in [3.05, 3.63) is 17.3 Å². The van der Waals surface area contributed by atoms with E-state index >= 15 is 0 Å². The minimum Gasteiger partial charge on any atom is -0.444 e. The molecule has 9 nitrogen and oxygen atoms in total. The van der Waals surface area contributed by atoms with Gasteiger partial charge in [-0.2, -0.15) is 0 Å². The Kier molecular flexibility index (Phi) is 10.9. The average molecular weight is 536 g/mol. The number of piperazine rings is 1. The SMILES string of the molecule is CCNC(=NCc1nc(C)c(C)o1)NCCN1CCN(C(=O)OC(C)(C)C)CC1.I. The summed E-state index contributed by atoms with van der Waals surface area (Å²) in [5.74, 6) is 2.20. The molecular weight excluding hydrogens is 499 g/mol. The van der Waals surface area contributed by atoms with Crippen LogP contribution < -0.4 is 10.6 Å². The fraction of sp³-hybridized carbons (Fsp3) is 0.750. The first-order valence-electron chi connectivity index (χ1n) is 10.3. The van der Waals surface area contributed by atoms with Gasteiger partial charge in [0.05, 0.1) is 5.69 Å². The average Bonchev–Trinajstić information content (AvgIpc) is 2.96. The molecule has 2 N–H and O–H groups in total. The van der Waals surface area contributed by atoms with Crippen LogP contribution in [-0.2, 0) is 11.3 Å². The van der Waals surface area contributed by atoms with E-state index in [-0.39, 0.29) is 30.1 Å². The predicted molar refractivity (Wildman–Crippen MR) is 128 cm³/mol. The second kappa shape index (κ2) is 12.3. The smallest absolute Gasteiger partial charge is 0.410 e. The predicted octanol–water partition coefficient (Wildman–Crippen LogP) is 2.52. The monoisotopic (exact) mass is 536 g/mol. The number of hydrogen-bond acceptors (Lipinski definition) is 6. The summed E-state index contributed by atoms with van der Waals surface area (Å²) < 4.78 is 11.0. The highest BCUT2D eigenvalue weighted by atomic mass is 127. The zero-order valence-electron chi connectivity index (χ0n) is 19.1. The maximum atomic E-state index is 12.1. The molecule has 0 aliphatic carbocycles. The topological polar surface area (TPSA) is 95.2 Å². The molecule has 1 aromatic rings. The lowest BCUT2D eigenvalue weighted by Crippen LogP contribution is -2.51. The number of carbonyl (C=O) groups excluding carboxylic acids is 1. The van der Waals surface area contributed by atoms with Gasteiger partial charge in [-0.3, -0.25) is 4.90 Å². The number of ether oxygens (including phenoxy) is 1. The number of nitrogens with one attached hydrogen (secondary N) is 2. The van der Waals surface area contributed by atoms with Gasteiger partial charge in [0.1, 0.15) is 17.9 Å². The van der Waals surface area contributed by atoms with Gasteiger partial charge in [0.25, 0.3) is 0 Å². The summed E-state index contributed by atoms with van der Waals surface area (Å²) in [6.45, 7) is 17.4. The quantitative estimate of drug-likeness (QED) is 0.328. The van der Waals surface area contributed by atoms with Crippen LogP contribution in [0.5, 0.6) is 0 Å². The van der Waals surface area contributed by atoms with Crippen LogP contribution in [0.15, 0.2) is 9.41 Å². The first-order valence-corrected chi connectivity index (χ1v) is 10.3. The van der Waals surface area contributed by atoms with E-state index in [2.05, 4.69) is 25.5 Å². The second-order valence-electron chi connectivity index (χ2n) is 8.18. The van der Waals surface area contributed by atoms with Crippen LogP contribution in [0.4, 0.5) is 4.79 Å². The van der Waals surface area contributed by atoms with Crippen LogP contribution in [0.2, 0.25) is 0 Å². The highest BCUT2D eigenvalue weighted by Crippen LogP contribution is 2.12. The number of nitrogens with zero attached hydrogens (tertiary/aromatic N) is 4. The van der Waals surface area contributed by atoms with Crippen LogP contribution in [0.3, 0.4) is 0 Å². The van der Waals surface area contributed by atoms with E-state index in [9.17, 15) is 4.79 Å². The molecule has 1 aliphatic heterocycles. The highest BCUT2D eigenvalue weighted by molar-refractivity contribution is 14.0. The van der Waals surface area contributed by atoms with Crippen molar-refractivity contribution in [1.82, 2.24) is 25.4 Å². The number of rotatable bonds is 6. The molecule has 1 aliphatic rings. The molecule has 0 aromatic carbocycles. The van der Waals surface area contributed by atoms with Crippen molar-refractivity contribution >= 4 is 36.0 Å². The van der Waals surface area contributed by atoms with E-state index in [1.54, 1.807) is 4.90 Å². The Morgan fingerprint density at radius 3 is 2.40 bits per heavy atom. The Balaban J connectivity index is 0.00000450. The van der Waals surface area contributed by atoms with Gasteiger partial charge in [-0.25, -0.2) is 14.8 Å². The minimum absolute atomic E-state index is 0. The summed E-state index contributed by atoms with van der Waals surface area (Å²) in [5.41, 5.74) is 0.446. The van der Waals surface area contributed by atoms with Crippen molar-refractivity contribution in [3.8, 4) is 0 Å². The Hall–Kier alpha value is -1.56. The third kappa shape index (κ3) is 9.07. The van der Waals surface area contributed by atoms with E-state index in [1.807, 2.05) is 41.5 Å². The molecule has 0 bridgehead atoms. The molecule has 30 heavy (non-hydrogen) atoms. The summed E-state index contributed by atoms with van der Waals surface area (Å²) >= 11 is 0. The fourth-order valence-electron chi connectivity index (χ4n) is 2.91. The summed E-state index contributed by atoms with van der Waals surface area (Å²) in [7, 11) is 0. The van der Waals surface area contributed by atoms with Gasteiger partial charge in [-0.05, 0) is 41.5 Å². The van der Waals surface area contributed by atoms with Gasteiger partial charge in [-0.15, -0.1) is 24.0 Å². The number of carbonyl (C=O) groups is 1. The van der Waals surface area contributed by atoms with Crippen LogP contribution in [0.1, 0.15) is 45.0 Å². The number of aromatic nitrogens is 1. The maximum absolute atomic E-state index is 12.1. The molecule has 0 saturated carbocycles. The first kappa shape index (κ1) is 26.5. The molecule has 10 heteroatoms. The molecule has 1 fully saturated rings. The van der Waals surface area contributed by atoms with E-state index in [0.29, 0.717) is 25.5 Å². The van der Waals surface area contributed by atoms with Crippen molar-refractivity contribution < 1.29 is 13.9 Å². The molecule has 1 amide bonds. The van der Waals surface area contributed by atoms with E-state index in [4.69, 9.17) is 9.15 Å². The number of hydrogen-bond donors (Lipinski definition) is 2. The number of aliphatic imine (C=N–C) groups is 1. The van der Waals surface area contributed by atoms with Crippen molar-refractivity contribution in [3.63, 3.8) is 0 Å². The standard InChI is InChI=1S/C20H36N6O3.HI/c1-7-21-18(23-14-17-24-15(2)16(3)28-17)22-8-9-25-10-12-26(13-11-25)19(27)29-20(4,5)6;/h7-14H2,1-6H3,(H2,21,22,23);1H. The Bertz CT molecular complexity index is 674. The lowest BCUT2D eigenvalue weighted by molar-refractivity contribution is 0.0147. The van der Waals surface area contributed by atoms with Gasteiger partial charge in [0.15, 0.2) is 5.96 Å². The van der Waals surface area contributed by atoms with E-state index in [0.717, 1.165) is 50.1 Å². The summed E-state index contributed by atoms with van der Waals surface area (Å²) in [4.78, 5) is 25.2. The third-order valence-electron chi connectivity index (χ3n) is 4.53. The number of halogens is 1. The van der Waals surface area contributed by atoms with Crippen molar-refractivity contribution in [2.45, 2.75) is 53.7 Å². The largest absolute Gasteiger partial charge is 0.444 e. The van der Waals surface area contributed by atoms with Gasteiger partial charge in [-0.1, -0.05) is 0 Å². The third-order valence-corrected chi connectivity index (χ3v) is 4.53. The van der Waals surface area contributed by atoms with Gasteiger partial charge in [0.2, 0.25) is 5.89 Å². The van der Waals surface area contributed by atoms with Gasteiger partial charge in [0, 0.05) is 45.8 Å². The molecule has 0 spiro atoms. The summed E-state index contributed by atoms with van der Waals surface area (Å²) in [6.07, 6.45) is -0.228. The molecule has 2 rings (SSSR count). The summed E-state index contributed by atoms with van der Waals surface area (Å²) in [5, 5.41) is 6.58. The zero-order chi connectivity index (χ0) is 21.4. The van der Waals surface area contributed by atoms with Crippen LogP contribution >= 0.6 is 24.0 Å². The number of aryl methyl sites for hydroxylation is 2. The molecule has 0 radical (unpaired) electrons. The lowest BCUT2D eigenvalue weighted by atomic mass is 10.2. The summed E-state index contributed by atoms with van der Waals surface area (Å²) in [6, 6.07) is 0. The number of amides is 1. The Labute approximate surface area is 197 Å². The first-order chi connectivity index (χ1) is 13.7. The van der Waals surface area contributed by atoms with Crippen molar-refractivity contribution in [2.75, 3.05) is 45.8 Å². The Morgan fingerprint density at radius 2 is 1.87 bits per heavy atom. The maximum Gasteiger partial charge on any atom is 0.410 e. The minimum atomic E-state index is -0.456. The van der Waals surface area contributed by atoms with E-state index in [1.165, 1.54) is 0 Å². The lowest BCUT2D eigenvalue weighted by Gasteiger charge is -2.35. The molecule has 0 unspecified atom stereocenters. The zero-order valence-corrected chi connectivity index (χ0v) is 21.4. The van der Waals surface area contributed by atoms with Crippen molar-refractivity contribution in [2.24, 2.45) is 4.99 Å². The molecular formula is C20H37IN6O3. The van der Waals surface area contributed by atoms with Crippen LogP contribution in [-0.4, -0.2) is 78.3 Å². The van der Waals surface area contributed by atoms with E-state index < -0.39 is 5.60 Å². The normalized spacial score (nSPS) is 15.5. The number of oxazole rings is 1. The molecule has 1 saturated heterocycles. The number of guanidine groups is 1. The second-order valence-corrected chi connectivity index (χ2v) is 8.18. The van der Waals surface area contributed by atoms with Crippen LogP contribution in [0, 0.1) is 13.8 Å². The van der Waals surface area contributed by atoms with Gasteiger partial charge >= 0.3 is 6.09 Å². The molecule has 2 heterocycles. The fourth-order valence-corrected chi connectivity index (χ4v) is 2.91. The molecule has 172 valence electrons. The Morgan fingerprint density at radius 1 is 1.20 bits per heavy atom. The highest BCUT2D eigenvalue weighted by Gasteiger charge is 2.25. The van der Waals surface area contributed by atoms with Crippen LogP contribution in [0.25, 0.3) is 0 Å². The molecule has 0 atom stereocenters. The van der Waals surface area contributed by atoms with Gasteiger partial charge < -0.3 is 24.7 Å². The molecule has 1 aromatic heterocycles.